The van der Waals surface area contributed by atoms with E-state index in [-0.39, 0.29) is 10.6 Å². The van der Waals surface area contributed by atoms with E-state index in [1.807, 2.05) is 0 Å². The number of nitrogens with two attached hydrogens (primary N) is 1. The maximum absolute atomic E-state index is 13.9. The first-order chi connectivity index (χ1) is 10.3. The van der Waals surface area contributed by atoms with E-state index in [1.54, 1.807) is 0 Å². The van der Waals surface area contributed by atoms with Crippen molar-refractivity contribution in [1.29, 1.82) is 5.41 Å². The molecule has 0 atom stereocenters. The van der Waals surface area contributed by atoms with Crippen molar-refractivity contribution in [2.24, 2.45) is 5.73 Å². The van der Waals surface area contributed by atoms with E-state index in [0.717, 1.165) is 30.3 Å². The van der Waals surface area contributed by atoms with Gasteiger partial charge in [-0.1, -0.05) is 12.1 Å². The third kappa shape index (κ3) is 3.22. The van der Waals surface area contributed by atoms with Crippen molar-refractivity contribution in [3.05, 3.63) is 60.2 Å². The van der Waals surface area contributed by atoms with Gasteiger partial charge in [-0.25, -0.2) is 17.2 Å². The van der Waals surface area contributed by atoms with Gasteiger partial charge in [0.15, 0.2) is 0 Å². The zero-order chi connectivity index (χ0) is 16.3. The summed E-state index contributed by atoms with van der Waals surface area (Å²) in [5.74, 6) is -1.81. The van der Waals surface area contributed by atoms with Gasteiger partial charge in [0, 0.05) is 0 Å². The Hall–Kier alpha value is -2.48. The van der Waals surface area contributed by atoms with Crippen LogP contribution in [0.2, 0.25) is 0 Å². The highest BCUT2D eigenvalue weighted by Gasteiger charge is 2.27. The number of amidine groups is 1. The van der Waals surface area contributed by atoms with E-state index in [9.17, 15) is 17.2 Å². The van der Waals surface area contributed by atoms with Crippen molar-refractivity contribution in [2.75, 3.05) is 10.8 Å². The van der Waals surface area contributed by atoms with Crippen LogP contribution in [-0.2, 0) is 10.0 Å². The van der Waals surface area contributed by atoms with Crippen LogP contribution in [0.4, 0.5) is 14.5 Å². The molecule has 0 saturated heterocycles. The number of halogens is 2. The first-order valence-electron chi connectivity index (χ1n) is 6.18. The SMILES string of the molecule is N=C(N)CN(c1ccccc1F)S(=O)(=O)c1ccc(F)cc1. The van der Waals surface area contributed by atoms with Crippen molar-refractivity contribution in [1.82, 2.24) is 0 Å². The second-order valence-corrected chi connectivity index (χ2v) is 6.30. The second-order valence-electron chi connectivity index (χ2n) is 4.44. The van der Waals surface area contributed by atoms with Gasteiger partial charge in [-0.2, -0.15) is 0 Å². The standard InChI is InChI=1S/C14H13F2N3O2S/c15-10-5-7-11(8-6-10)22(20,21)19(9-14(17)18)13-4-2-1-3-12(13)16/h1-8H,9H2,(H3,17,18). The molecule has 2 aromatic rings. The molecule has 0 unspecified atom stereocenters. The lowest BCUT2D eigenvalue weighted by atomic mass is 10.3. The van der Waals surface area contributed by atoms with Gasteiger partial charge in [-0.05, 0) is 36.4 Å². The van der Waals surface area contributed by atoms with Crippen LogP contribution in [0.1, 0.15) is 0 Å². The Morgan fingerprint density at radius 2 is 1.68 bits per heavy atom. The summed E-state index contributed by atoms with van der Waals surface area (Å²) in [6.07, 6.45) is 0. The molecule has 0 radical (unpaired) electrons. The molecule has 8 heteroatoms. The van der Waals surface area contributed by atoms with Crippen molar-refractivity contribution in [2.45, 2.75) is 4.90 Å². The number of para-hydroxylation sites is 1. The summed E-state index contributed by atoms with van der Waals surface area (Å²) in [5.41, 5.74) is 5.04. The maximum atomic E-state index is 13.9. The minimum Gasteiger partial charge on any atom is -0.386 e. The average Bonchev–Trinajstić information content (AvgIpc) is 2.46. The van der Waals surface area contributed by atoms with Crippen LogP contribution in [0.3, 0.4) is 0 Å². The molecule has 22 heavy (non-hydrogen) atoms. The van der Waals surface area contributed by atoms with Gasteiger partial charge in [0.05, 0.1) is 17.1 Å². The number of sulfonamides is 1. The molecule has 0 fully saturated rings. The Morgan fingerprint density at radius 1 is 1.09 bits per heavy atom. The monoisotopic (exact) mass is 325 g/mol. The highest BCUT2D eigenvalue weighted by Crippen LogP contribution is 2.26. The molecule has 5 nitrogen and oxygen atoms in total. The Balaban J connectivity index is 2.56. The smallest absolute Gasteiger partial charge is 0.264 e. The summed E-state index contributed by atoms with van der Waals surface area (Å²) in [6.45, 7) is -0.513. The normalized spacial score (nSPS) is 11.2. The van der Waals surface area contributed by atoms with Crippen LogP contribution in [0.5, 0.6) is 0 Å². The molecule has 0 saturated carbocycles. The fourth-order valence-electron chi connectivity index (χ4n) is 1.84. The molecule has 0 aliphatic heterocycles. The van der Waals surface area contributed by atoms with Gasteiger partial charge in [0.1, 0.15) is 17.5 Å². The molecular formula is C14H13F2N3O2S. The molecule has 0 heterocycles. The van der Waals surface area contributed by atoms with E-state index >= 15 is 0 Å². The van der Waals surface area contributed by atoms with Crippen molar-refractivity contribution in [3.63, 3.8) is 0 Å². The lowest BCUT2D eigenvalue weighted by Gasteiger charge is -2.24. The molecule has 116 valence electrons. The van der Waals surface area contributed by atoms with Crippen LogP contribution in [0.25, 0.3) is 0 Å². The minimum absolute atomic E-state index is 0.224. The largest absolute Gasteiger partial charge is 0.386 e. The van der Waals surface area contributed by atoms with E-state index in [1.165, 1.54) is 18.2 Å². The summed E-state index contributed by atoms with van der Waals surface area (Å²) in [6, 6.07) is 9.35. The molecule has 2 rings (SSSR count). The predicted molar refractivity (Wildman–Crippen MR) is 79.2 cm³/mol. The molecule has 0 aromatic heterocycles. The van der Waals surface area contributed by atoms with Crippen LogP contribution < -0.4 is 10.0 Å². The summed E-state index contributed by atoms with van der Waals surface area (Å²) < 4.78 is 52.8. The number of rotatable bonds is 5. The number of hydrogen-bond donors (Lipinski definition) is 2. The second kappa shape index (κ2) is 6.10. The van der Waals surface area contributed by atoms with E-state index in [4.69, 9.17) is 11.1 Å². The number of nitrogens with one attached hydrogen (secondary N) is 1. The lowest BCUT2D eigenvalue weighted by molar-refractivity contribution is 0.587. The fraction of sp³-hybridized carbons (Fsp3) is 0.0714. The molecule has 0 bridgehead atoms. The molecule has 0 spiro atoms. The molecule has 0 amide bonds. The van der Waals surface area contributed by atoms with Gasteiger partial charge >= 0.3 is 0 Å². The maximum Gasteiger partial charge on any atom is 0.264 e. The quantitative estimate of drug-likeness (QED) is 0.652. The van der Waals surface area contributed by atoms with Crippen LogP contribution in [-0.4, -0.2) is 20.8 Å². The average molecular weight is 325 g/mol. The van der Waals surface area contributed by atoms with Gasteiger partial charge in [0.25, 0.3) is 10.0 Å². The summed E-state index contributed by atoms with van der Waals surface area (Å²) in [7, 11) is -4.18. The van der Waals surface area contributed by atoms with Crippen LogP contribution >= 0.6 is 0 Å². The fourth-order valence-corrected chi connectivity index (χ4v) is 3.29. The molecule has 3 N–H and O–H groups in total. The number of anilines is 1. The Labute approximate surface area is 126 Å². The topological polar surface area (TPSA) is 87.2 Å². The van der Waals surface area contributed by atoms with E-state index in [0.29, 0.717) is 4.31 Å². The number of benzene rings is 2. The zero-order valence-corrected chi connectivity index (χ0v) is 12.1. The summed E-state index contributed by atoms with van der Waals surface area (Å²) in [5, 5.41) is 7.31. The van der Waals surface area contributed by atoms with Crippen LogP contribution in [0.15, 0.2) is 53.4 Å². The Kier molecular flexibility index (Phi) is 4.41. The van der Waals surface area contributed by atoms with Gasteiger partial charge in [-0.15, -0.1) is 0 Å². The predicted octanol–water partition coefficient (Wildman–Crippen LogP) is 2.10. The van der Waals surface area contributed by atoms with E-state index in [2.05, 4.69) is 0 Å². The van der Waals surface area contributed by atoms with E-state index < -0.39 is 34.0 Å². The molecule has 2 aromatic carbocycles. The summed E-state index contributed by atoms with van der Waals surface area (Å²) in [4.78, 5) is -0.224. The first-order valence-corrected chi connectivity index (χ1v) is 7.62. The van der Waals surface area contributed by atoms with Crippen molar-refractivity contribution in [3.8, 4) is 0 Å². The van der Waals surface area contributed by atoms with Gasteiger partial charge < -0.3 is 5.73 Å². The number of nitrogens with zero attached hydrogens (tertiary/aromatic N) is 1. The molecule has 0 aliphatic carbocycles. The van der Waals surface area contributed by atoms with Crippen molar-refractivity contribution >= 4 is 21.5 Å². The Bertz CT molecular complexity index is 792. The van der Waals surface area contributed by atoms with Gasteiger partial charge in [0.2, 0.25) is 0 Å². The number of hydrogen-bond acceptors (Lipinski definition) is 3. The van der Waals surface area contributed by atoms with Crippen LogP contribution in [0, 0.1) is 17.0 Å². The first kappa shape index (κ1) is 15.9. The van der Waals surface area contributed by atoms with Crippen molar-refractivity contribution < 1.29 is 17.2 Å². The molecule has 0 aliphatic rings. The minimum atomic E-state index is -4.18. The highest BCUT2D eigenvalue weighted by molar-refractivity contribution is 7.92. The zero-order valence-electron chi connectivity index (χ0n) is 11.3. The molecular weight excluding hydrogens is 312 g/mol. The summed E-state index contributed by atoms with van der Waals surface area (Å²) >= 11 is 0. The lowest BCUT2D eigenvalue weighted by Crippen LogP contribution is -2.38. The third-order valence-electron chi connectivity index (χ3n) is 2.84. The van der Waals surface area contributed by atoms with Gasteiger partial charge in [-0.3, -0.25) is 9.71 Å². The Morgan fingerprint density at radius 3 is 2.23 bits per heavy atom. The highest BCUT2D eigenvalue weighted by atomic mass is 32.2. The third-order valence-corrected chi connectivity index (χ3v) is 4.61.